The topological polar surface area (TPSA) is 85.1 Å². The SMILES string of the molecule is Nc1cccnc1S(=O)(=O)NCCc1ccsc1. The lowest BCUT2D eigenvalue weighted by atomic mass is 10.2. The van der Waals surface area contributed by atoms with Crippen LogP contribution < -0.4 is 10.5 Å². The lowest BCUT2D eigenvalue weighted by Gasteiger charge is -2.07. The molecule has 0 aliphatic heterocycles. The number of nitrogen functional groups attached to an aromatic ring is 1. The number of sulfonamides is 1. The molecule has 3 N–H and O–H groups in total. The molecule has 0 radical (unpaired) electrons. The summed E-state index contributed by atoms with van der Waals surface area (Å²) in [4.78, 5) is 3.79. The molecule has 2 rings (SSSR count). The van der Waals surface area contributed by atoms with Gasteiger partial charge in [0.2, 0.25) is 0 Å². The van der Waals surface area contributed by atoms with Gasteiger partial charge in [0, 0.05) is 12.7 Å². The summed E-state index contributed by atoms with van der Waals surface area (Å²) < 4.78 is 26.3. The fourth-order valence-electron chi connectivity index (χ4n) is 1.46. The number of pyridine rings is 1. The number of nitrogens with two attached hydrogens (primary N) is 1. The number of nitrogens with zero attached hydrogens (tertiary/aromatic N) is 1. The lowest BCUT2D eigenvalue weighted by molar-refractivity contribution is 0.578. The van der Waals surface area contributed by atoms with Gasteiger partial charge in [-0.05, 0) is 40.9 Å². The molecule has 0 unspecified atom stereocenters. The highest BCUT2D eigenvalue weighted by molar-refractivity contribution is 7.89. The van der Waals surface area contributed by atoms with E-state index in [9.17, 15) is 8.42 Å². The summed E-state index contributed by atoms with van der Waals surface area (Å²) in [5.74, 6) is 0. The molecule has 2 aromatic heterocycles. The average molecular weight is 283 g/mol. The van der Waals surface area contributed by atoms with Gasteiger partial charge in [-0.1, -0.05) is 0 Å². The molecule has 5 nitrogen and oxygen atoms in total. The fraction of sp³-hybridized carbons (Fsp3) is 0.182. The fourth-order valence-corrected chi connectivity index (χ4v) is 3.25. The molecule has 0 aromatic carbocycles. The van der Waals surface area contributed by atoms with E-state index >= 15 is 0 Å². The van der Waals surface area contributed by atoms with Crippen molar-refractivity contribution in [2.75, 3.05) is 12.3 Å². The summed E-state index contributed by atoms with van der Waals surface area (Å²) in [5.41, 5.74) is 6.85. The van der Waals surface area contributed by atoms with Crippen molar-refractivity contribution in [3.8, 4) is 0 Å². The normalized spacial score (nSPS) is 11.6. The van der Waals surface area contributed by atoms with Gasteiger partial charge in [0.05, 0.1) is 5.69 Å². The van der Waals surface area contributed by atoms with E-state index < -0.39 is 10.0 Å². The summed E-state index contributed by atoms with van der Waals surface area (Å²) in [6.07, 6.45) is 2.05. The molecule has 0 saturated carbocycles. The van der Waals surface area contributed by atoms with Crippen molar-refractivity contribution >= 4 is 27.0 Å². The van der Waals surface area contributed by atoms with Gasteiger partial charge in [-0.2, -0.15) is 11.3 Å². The van der Waals surface area contributed by atoms with E-state index in [4.69, 9.17) is 5.73 Å². The van der Waals surface area contributed by atoms with Gasteiger partial charge in [-0.25, -0.2) is 18.1 Å². The maximum atomic E-state index is 11.9. The number of rotatable bonds is 5. The van der Waals surface area contributed by atoms with E-state index in [1.807, 2.05) is 16.8 Å². The largest absolute Gasteiger partial charge is 0.396 e. The second-order valence-electron chi connectivity index (χ2n) is 3.68. The zero-order valence-corrected chi connectivity index (χ0v) is 11.2. The van der Waals surface area contributed by atoms with Gasteiger partial charge in [0.1, 0.15) is 0 Å². The number of anilines is 1. The van der Waals surface area contributed by atoms with E-state index in [2.05, 4.69) is 9.71 Å². The van der Waals surface area contributed by atoms with Gasteiger partial charge in [0.25, 0.3) is 10.0 Å². The Balaban J connectivity index is 2.02. The molecule has 96 valence electrons. The van der Waals surface area contributed by atoms with Crippen LogP contribution in [0.2, 0.25) is 0 Å². The number of nitrogens with one attached hydrogen (secondary N) is 1. The molecule has 0 aliphatic carbocycles. The third-order valence-electron chi connectivity index (χ3n) is 2.34. The molecule has 0 spiro atoms. The van der Waals surface area contributed by atoms with Gasteiger partial charge < -0.3 is 5.73 Å². The zero-order chi connectivity index (χ0) is 13.0. The van der Waals surface area contributed by atoms with Crippen LogP contribution in [0, 0.1) is 0 Å². The zero-order valence-electron chi connectivity index (χ0n) is 9.54. The smallest absolute Gasteiger partial charge is 0.260 e. The van der Waals surface area contributed by atoms with Gasteiger partial charge in [0.15, 0.2) is 5.03 Å². The quantitative estimate of drug-likeness (QED) is 0.864. The molecule has 2 heterocycles. The number of hydrogen-bond acceptors (Lipinski definition) is 5. The monoisotopic (exact) mass is 283 g/mol. The molecule has 0 bridgehead atoms. The Kier molecular flexibility index (Phi) is 3.95. The Bertz CT molecular complexity index is 609. The maximum absolute atomic E-state index is 11.9. The van der Waals surface area contributed by atoms with E-state index in [-0.39, 0.29) is 10.7 Å². The number of thiophene rings is 1. The predicted molar refractivity (Wildman–Crippen MR) is 71.9 cm³/mol. The molecule has 0 amide bonds. The minimum atomic E-state index is -3.63. The Morgan fingerprint density at radius 3 is 2.89 bits per heavy atom. The van der Waals surface area contributed by atoms with E-state index in [0.29, 0.717) is 13.0 Å². The Morgan fingerprint density at radius 1 is 1.39 bits per heavy atom. The second-order valence-corrected chi connectivity index (χ2v) is 6.14. The molecule has 0 fully saturated rings. The molecular weight excluding hydrogens is 270 g/mol. The average Bonchev–Trinajstić information content (AvgIpc) is 2.82. The van der Waals surface area contributed by atoms with Crippen LogP contribution in [0.25, 0.3) is 0 Å². The first-order chi connectivity index (χ1) is 8.59. The highest BCUT2D eigenvalue weighted by Crippen LogP contribution is 2.13. The lowest BCUT2D eigenvalue weighted by Crippen LogP contribution is -2.27. The minimum Gasteiger partial charge on any atom is -0.396 e. The van der Waals surface area contributed by atoms with Crippen LogP contribution in [-0.2, 0) is 16.4 Å². The van der Waals surface area contributed by atoms with Crippen molar-refractivity contribution in [3.05, 3.63) is 40.7 Å². The van der Waals surface area contributed by atoms with E-state index in [0.717, 1.165) is 5.56 Å². The van der Waals surface area contributed by atoms with E-state index in [1.165, 1.54) is 12.3 Å². The molecule has 18 heavy (non-hydrogen) atoms. The first-order valence-electron chi connectivity index (χ1n) is 5.31. The van der Waals surface area contributed by atoms with Crippen LogP contribution in [-0.4, -0.2) is 19.9 Å². The second kappa shape index (κ2) is 5.47. The van der Waals surface area contributed by atoms with Crippen molar-refractivity contribution in [3.63, 3.8) is 0 Å². The molecule has 0 aliphatic rings. The first-order valence-corrected chi connectivity index (χ1v) is 7.73. The highest BCUT2D eigenvalue weighted by atomic mass is 32.2. The van der Waals surface area contributed by atoms with Crippen molar-refractivity contribution in [2.45, 2.75) is 11.4 Å². The molecule has 0 atom stereocenters. The predicted octanol–water partition coefficient (Wildman–Crippen LogP) is 1.25. The van der Waals surface area contributed by atoms with Gasteiger partial charge in [-0.3, -0.25) is 0 Å². The molecule has 2 aromatic rings. The van der Waals surface area contributed by atoms with Crippen molar-refractivity contribution in [1.82, 2.24) is 9.71 Å². The molecular formula is C11H13N3O2S2. The molecule has 0 saturated heterocycles. The first kappa shape index (κ1) is 13.0. The highest BCUT2D eigenvalue weighted by Gasteiger charge is 2.17. The Labute approximate surface area is 110 Å². The number of aromatic nitrogens is 1. The summed E-state index contributed by atoms with van der Waals surface area (Å²) in [6.45, 7) is 0.328. The Hall–Kier alpha value is -1.44. The standard InChI is InChI=1S/C11H13N3O2S2/c12-10-2-1-5-13-11(10)18(15,16)14-6-3-9-4-7-17-8-9/h1-2,4-5,7-8,14H,3,6,12H2. The third kappa shape index (κ3) is 3.06. The summed E-state index contributed by atoms with van der Waals surface area (Å²) in [5, 5.41) is 3.83. The van der Waals surface area contributed by atoms with Crippen LogP contribution in [0.5, 0.6) is 0 Å². The van der Waals surface area contributed by atoms with Crippen molar-refractivity contribution < 1.29 is 8.42 Å². The van der Waals surface area contributed by atoms with Crippen LogP contribution >= 0.6 is 11.3 Å². The molecule has 7 heteroatoms. The Morgan fingerprint density at radius 2 is 2.22 bits per heavy atom. The van der Waals surface area contributed by atoms with E-state index in [1.54, 1.807) is 17.4 Å². The van der Waals surface area contributed by atoms with Crippen molar-refractivity contribution in [1.29, 1.82) is 0 Å². The third-order valence-corrected chi connectivity index (χ3v) is 4.51. The van der Waals surface area contributed by atoms with Crippen LogP contribution in [0.15, 0.2) is 40.2 Å². The van der Waals surface area contributed by atoms with Crippen LogP contribution in [0.3, 0.4) is 0 Å². The number of hydrogen-bond donors (Lipinski definition) is 2. The van der Waals surface area contributed by atoms with Gasteiger partial charge in [-0.15, -0.1) is 0 Å². The summed E-state index contributed by atoms with van der Waals surface area (Å²) >= 11 is 1.59. The summed E-state index contributed by atoms with van der Waals surface area (Å²) in [6, 6.07) is 5.08. The maximum Gasteiger partial charge on any atom is 0.260 e. The van der Waals surface area contributed by atoms with Crippen molar-refractivity contribution in [2.24, 2.45) is 0 Å². The minimum absolute atomic E-state index is 0.115. The summed E-state index contributed by atoms with van der Waals surface area (Å²) in [7, 11) is -3.63. The van der Waals surface area contributed by atoms with Gasteiger partial charge >= 0.3 is 0 Å². The van der Waals surface area contributed by atoms with Crippen LogP contribution in [0.1, 0.15) is 5.56 Å². The van der Waals surface area contributed by atoms with Crippen LogP contribution in [0.4, 0.5) is 5.69 Å².